The average molecular weight is 325 g/mol. The van der Waals surface area contributed by atoms with Crippen molar-refractivity contribution < 1.29 is 4.79 Å². The minimum Gasteiger partial charge on any atom is -0.339 e. The molecule has 0 aliphatic carbocycles. The van der Waals surface area contributed by atoms with Gasteiger partial charge in [-0.05, 0) is 22.9 Å². The molecule has 24 heavy (non-hydrogen) atoms. The smallest absolute Gasteiger partial charge is 0.252 e. The number of hydrogen-bond donors (Lipinski definition) is 0. The molecular weight excluding hydrogens is 306 g/mol. The maximum absolute atomic E-state index is 13.0. The molecule has 0 saturated heterocycles. The van der Waals surface area contributed by atoms with Crippen molar-refractivity contribution in [3.63, 3.8) is 0 Å². The molecular formula is C16H19N7O. The topological polar surface area (TPSA) is 81.7 Å². The van der Waals surface area contributed by atoms with Crippen LogP contribution in [0, 0.1) is 6.92 Å². The first-order chi connectivity index (χ1) is 11.6. The second-order valence-electron chi connectivity index (χ2n) is 5.68. The minimum absolute atomic E-state index is 0.0863. The van der Waals surface area contributed by atoms with E-state index in [4.69, 9.17) is 0 Å². The van der Waals surface area contributed by atoms with Crippen LogP contribution in [0.4, 0.5) is 0 Å². The van der Waals surface area contributed by atoms with Gasteiger partial charge in [-0.1, -0.05) is 30.3 Å². The van der Waals surface area contributed by atoms with Crippen LogP contribution in [-0.2, 0) is 18.4 Å². The number of amides is 1. The maximum Gasteiger partial charge on any atom is 0.252 e. The molecule has 1 aromatic carbocycles. The van der Waals surface area contributed by atoms with E-state index in [2.05, 4.69) is 20.6 Å². The molecule has 1 unspecified atom stereocenters. The lowest BCUT2D eigenvalue weighted by atomic mass is 10.1. The standard InChI is InChI=1S/C16H19N7O/c1-12-14(9-18-22(12)3)10-21(2)16(24)15(23-11-17-19-20-23)13-7-5-4-6-8-13/h4-9,11,15H,10H2,1-3H3. The number of nitrogens with zero attached hydrogens (tertiary/aromatic N) is 7. The molecule has 1 atom stereocenters. The Hall–Kier alpha value is -3.03. The van der Waals surface area contributed by atoms with Crippen molar-refractivity contribution in [3.05, 3.63) is 59.7 Å². The number of benzene rings is 1. The quantitative estimate of drug-likeness (QED) is 0.698. The first-order valence-corrected chi connectivity index (χ1v) is 7.58. The summed E-state index contributed by atoms with van der Waals surface area (Å²) in [6, 6.07) is 8.90. The van der Waals surface area contributed by atoms with E-state index in [0.717, 1.165) is 16.8 Å². The number of aromatic nitrogens is 6. The number of carbonyl (C=O) groups is 1. The summed E-state index contributed by atoms with van der Waals surface area (Å²) in [7, 11) is 3.66. The number of likely N-dealkylation sites (N-methyl/N-ethyl adjacent to an activating group) is 1. The Labute approximate surface area is 139 Å². The highest BCUT2D eigenvalue weighted by atomic mass is 16.2. The first kappa shape index (κ1) is 15.9. The fraction of sp³-hybridized carbons (Fsp3) is 0.312. The fourth-order valence-corrected chi connectivity index (χ4v) is 2.57. The summed E-state index contributed by atoms with van der Waals surface area (Å²) >= 11 is 0. The molecule has 2 heterocycles. The number of rotatable bonds is 5. The molecule has 2 aromatic heterocycles. The van der Waals surface area contributed by atoms with Crippen LogP contribution >= 0.6 is 0 Å². The summed E-state index contributed by atoms with van der Waals surface area (Å²) in [5.74, 6) is -0.0863. The monoisotopic (exact) mass is 325 g/mol. The van der Waals surface area contributed by atoms with Gasteiger partial charge in [-0.25, -0.2) is 4.68 Å². The summed E-state index contributed by atoms with van der Waals surface area (Å²) < 4.78 is 3.27. The van der Waals surface area contributed by atoms with Gasteiger partial charge >= 0.3 is 0 Å². The summed E-state index contributed by atoms with van der Waals surface area (Å²) in [6.07, 6.45) is 3.24. The van der Waals surface area contributed by atoms with Crippen LogP contribution in [-0.4, -0.2) is 47.8 Å². The van der Waals surface area contributed by atoms with Crippen molar-refractivity contribution in [2.24, 2.45) is 7.05 Å². The highest BCUT2D eigenvalue weighted by Crippen LogP contribution is 2.20. The first-order valence-electron chi connectivity index (χ1n) is 7.58. The van der Waals surface area contributed by atoms with Crippen molar-refractivity contribution in [3.8, 4) is 0 Å². The third-order valence-electron chi connectivity index (χ3n) is 4.10. The largest absolute Gasteiger partial charge is 0.339 e. The molecule has 0 N–H and O–H groups in total. The van der Waals surface area contributed by atoms with Crippen molar-refractivity contribution >= 4 is 5.91 Å². The van der Waals surface area contributed by atoms with Crippen molar-refractivity contribution in [2.75, 3.05) is 7.05 Å². The highest BCUT2D eigenvalue weighted by Gasteiger charge is 2.27. The van der Waals surface area contributed by atoms with Crippen LogP contribution in [0.25, 0.3) is 0 Å². The Balaban J connectivity index is 1.87. The lowest BCUT2D eigenvalue weighted by molar-refractivity contribution is -0.133. The molecule has 0 saturated carbocycles. The summed E-state index contributed by atoms with van der Waals surface area (Å²) in [6.45, 7) is 2.46. The van der Waals surface area contributed by atoms with Crippen LogP contribution in [0.3, 0.4) is 0 Å². The second kappa shape index (κ2) is 6.61. The van der Waals surface area contributed by atoms with E-state index in [9.17, 15) is 4.79 Å². The Bertz CT molecular complexity index is 810. The molecule has 124 valence electrons. The fourth-order valence-electron chi connectivity index (χ4n) is 2.57. The van der Waals surface area contributed by atoms with Gasteiger partial charge in [0.15, 0.2) is 6.04 Å². The molecule has 8 nitrogen and oxygen atoms in total. The van der Waals surface area contributed by atoms with E-state index in [1.807, 2.05) is 44.3 Å². The van der Waals surface area contributed by atoms with Gasteiger partial charge in [0.25, 0.3) is 5.91 Å². The average Bonchev–Trinajstić information content (AvgIpc) is 3.22. The Kier molecular flexibility index (Phi) is 4.37. The van der Waals surface area contributed by atoms with Crippen LogP contribution in [0.5, 0.6) is 0 Å². The lowest BCUT2D eigenvalue weighted by Gasteiger charge is -2.23. The number of tetrazole rings is 1. The number of carbonyl (C=O) groups excluding carboxylic acids is 1. The van der Waals surface area contributed by atoms with E-state index in [1.165, 1.54) is 11.0 Å². The van der Waals surface area contributed by atoms with E-state index in [0.29, 0.717) is 6.54 Å². The predicted octanol–water partition coefficient (Wildman–Crippen LogP) is 0.963. The van der Waals surface area contributed by atoms with Gasteiger partial charge in [-0.2, -0.15) is 5.10 Å². The molecule has 0 spiro atoms. The van der Waals surface area contributed by atoms with Gasteiger partial charge in [0.2, 0.25) is 0 Å². The van der Waals surface area contributed by atoms with Crippen molar-refractivity contribution in [1.29, 1.82) is 0 Å². The van der Waals surface area contributed by atoms with Gasteiger partial charge < -0.3 is 4.90 Å². The van der Waals surface area contributed by atoms with E-state index in [-0.39, 0.29) is 5.91 Å². The zero-order valence-electron chi connectivity index (χ0n) is 13.9. The predicted molar refractivity (Wildman–Crippen MR) is 86.8 cm³/mol. The summed E-state index contributed by atoms with van der Waals surface area (Å²) in [5.41, 5.74) is 2.88. The van der Waals surface area contributed by atoms with Crippen LogP contribution in [0.2, 0.25) is 0 Å². The molecule has 0 radical (unpaired) electrons. The van der Waals surface area contributed by atoms with Crippen LogP contribution in [0.1, 0.15) is 22.9 Å². The van der Waals surface area contributed by atoms with Crippen molar-refractivity contribution in [2.45, 2.75) is 19.5 Å². The highest BCUT2D eigenvalue weighted by molar-refractivity contribution is 5.83. The van der Waals surface area contributed by atoms with Gasteiger partial charge in [0.05, 0.1) is 6.20 Å². The zero-order chi connectivity index (χ0) is 17.1. The Morgan fingerprint density at radius 1 is 1.29 bits per heavy atom. The number of hydrogen-bond acceptors (Lipinski definition) is 5. The van der Waals surface area contributed by atoms with Crippen molar-refractivity contribution in [1.82, 2.24) is 34.9 Å². The number of aryl methyl sites for hydroxylation is 1. The van der Waals surface area contributed by atoms with Gasteiger partial charge in [-0.3, -0.25) is 9.48 Å². The Morgan fingerprint density at radius 3 is 2.62 bits per heavy atom. The van der Waals surface area contributed by atoms with Crippen LogP contribution < -0.4 is 0 Å². The molecule has 0 aliphatic heterocycles. The van der Waals surface area contributed by atoms with Gasteiger partial charge in [-0.15, -0.1) is 5.10 Å². The minimum atomic E-state index is -0.594. The molecule has 8 heteroatoms. The third kappa shape index (κ3) is 3.03. The molecule has 3 rings (SSSR count). The van der Waals surface area contributed by atoms with Gasteiger partial charge in [0, 0.05) is 31.9 Å². The molecule has 1 amide bonds. The zero-order valence-corrected chi connectivity index (χ0v) is 13.9. The second-order valence-corrected chi connectivity index (χ2v) is 5.68. The normalized spacial score (nSPS) is 12.1. The Morgan fingerprint density at radius 2 is 2.04 bits per heavy atom. The SMILES string of the molecule is Cc1c(CN(C)C(=O)C(c2ccccc2)n2cnnn2)cnn1C. The summed E-state index contributed by atoms with van der Waals surface area (Å²) in [4.78, 5) is 14.7. The molecule has 0 bridgehead atoms. The molecule has 3 aromatic rings. The molecule has 0 fully saturated rings. The summed E-state index contributed by atoms with van der Waals surface area (Å²) in [5, 5.41) is 15.5. The van der Waals surface area contributed by atoms with Gasteiger partial charge in [0.1, 0.15) is 6.33 Å². The van der Waals surface area contributed by atoms with E-state index >= 15 is 0 Å². The third-order valence-corrected chi connectivity index (χ3v) is 4.10. The lowest BCUT2D eigenvalue weighted by Crippen LogP contribution is -2.35. The van der Waals surface area contributed by atoms with Crippen LogP contribution in [0.15, 0.2) is 42.9 Å². The molecule has 0 aliphatic rings. The van der Waals surface area contributed by atoms with E-state index in [1.54, 1.807) is 22.8 Å². The maximum atomic E-state index is 13.0. The van der Waals surface area contributed by atoms with E-state index < -0.39 is 6.04 Å².